The second-order valence-electron chi connectivity index (χ2n) is 6.38. The van der Waals surface area contributed by atoms with Gasteiger partial charge in [-0.25, -0.2) is 0 Å². The molecule has 0 radical (unpaired) electrons. The Hall–Kier alpha value is -0.0800. The van der Waals surface area contributed by atoms with Gasteiger partial charge in [0.25, 0.3) is 0 Å². The molecule has 2 nitrogen and oxygen atoms in total. The Bertz CT molecular complexity index is 223. The Balaban J connectivity index is 2.00. The van der Waals surface area contributed by atoms with Crippen molar-refractivity contribution in [3.8, 4) is 0 Å². The summed E-state index contributed by atoms with van der Waals surface area (Å²) >= 11 is 0. The lowest BCUT2D eigenvalue weighted by atomic mass is 9.86. The van der Waals surface area contributed by atoms with Gasteiger partial charge in [-0.2, -0.15) is 0 Å². The molecule has 0 aromatic carbocycles. The molecule has 1 N–H and O–H groups in total. The molecule has 0 spiro atoms. The molecule has 18 heavy (non-hydrogen) atoms. The third-order valence-electron chi connectivity index (χ3n) is 5.04. The van der Waals surface area contributed by atoms with Gasteiger partial charge in [0.1, 0.15) is 0 Å². The van der Waals surface area contributed by atoms with Crippen LogP contribution in [0.2, 0.25) is 0 Å². The molecule has 2 fully saturated rings. The van der Waals surface area contributed by atoms with Crippen molar-refractivity contribution in [1.29, 1.82) is 0 Å². The first kappa shape index (κ1) is 14.3. The Morgan fingerprint density at radius 1 is 1.11 bits per heavy atom. The van der Waals surface area contributed by atoms with E-state index in [1.165, 1.54) is 71.0 Å². The van der Waals surface area contributed by atoms with Crippen molar-refractivity contribution >= 4 is 0 Å². The normalized spacial score (nSPS) is 30.0. The van der Waals surface area contributed by atoms with Crippen LogP contribution >= 0.6 is 0 Å². The van der Waals surface area contributed by atoms with E-state index in [9.17, 15) is 0 Å². The number of nitrogens with zero attached hydrogens (tertiary/aromatic N) is 1. The number of rotatable bonds is 4. The standard InChI is InChI=1S/C16H32N2/c1-3-7-14(2)18-13-6-4-5-8-16(18)15-9-11-17-12-10-15/h14-17H,3-13H2,1-2H3. The molecule has 106 valence electrons. The molecular weight excluding hydrogens is 220 g/mol. The summed E-state index contributed by atoms with van der Waals surface area (Å²) in [6.07, 6.45) is 11.3. The van der Waals surface area contributed by atoms with E-state index in [1.54, 1.807) is 0 Å². The lowest BCUT2D eigenvalue weighted by Crippen LogP contribution is -2.48. The Kier molecular flexibility index (Phi) is 5.97. The zero-order valence-corrected chi connectivity index (χ0v) is 12.5. The number of piperidine rings is 1. The minimum absolute atomic E-state index is 0.799. The molecule has 2 unspecified atom stereocenters. The highest BCUT2D eigenvalue weighted by molar-refractivity contribution is 4.87. The van der Waals surface area contributed by atoms with E-state index in [4.69, 9.17) is 0 Å². The van der Waals surface area contributed by atoms with Crippen molar-refractivity contribution in [2.24, 2.45) is 5.92 Å². The van der Waals surface area contributed by atoms with Gasteiger partial charge in [0, 0.05) is 12.1 Å². The van der Waals surface area contributed by atoms with Crippen LogP contribution in [0.1, 0.15) is 65.2 Å². The Labute approximate surface area is 114 Å². The van der Waals surface area contributed by atoms with Crippen LogP contribution in [0.3, 0.4) is 0 Å². The third-order valence-corrected chi connectivity index (χ3v) is 5.04. The third kappa shape index (κ3) is 3.71. The summed E-state index contributed by atoms with van der Waals surface area (Å²) in [6, 6.07) is 1.68. The van der Waals surface area contributed by atoms with Gasteiger partial charge in [0.15, 0.2) is 0 Å². The molecule has 2 rings (SSSR count). The Morgan fingerprint density at radius 2 is 1.89 bits per heavy atom. The average molecular weight is 252 g/mol. The first-order chi connectivity index (χ1) is 8.83. The molecule has 2 aliphatic rings. The highest BCUT2D eigenvalue weighted by atomic mass is 15.2. The topological polar surface area (TPSA) is 15.3 Å². The molecule has 2 atom stereocenters. The van der Waals surface area contributed by atoms with Gasteiger partial charge in [-0.05, 0) is 64.6 Å². The zero-order chi connectivity index (χ0) is 12.8. The molecule has 2 saturated heterocycles. The molecule has 0 bridgehead atoms. The quantitative estimate of drug-likeness (QED) is 0.825. The maximum atomic E-state index is 3.52. The van der Waals surface area contributed by atoms with Crippen LogP contribution in [0.4, 0.5) is 0 Å². The average Bonchev–Trinajstić information content (AvgIpc) is 2.65. The maximum absolute atomic E-state index is 3.52. The second kappa shape index (κ2) is 7.49. The van der Waals surface area contributed by atoms with Crippen LogP contribution in [0.15, 0.2) is 0 Å². The van der Waals surface area contributed by atoms with Crippen molar-refractivity contribution in [2.75, 3.05) is 19.6 Å². The molecule has 0 saturated carbocycles. The predicted molar refractivity (Wildman–Crippen MR) is 78.9 cm³/mol. The molecule has 2 aliphatic heterocycles. The maximum Gasteiger partial charge on any atom is 0.0127 e. The van der Waals surface area contributed by atoms with E-state index in [0.717, 1.165) is 18.0 Å². The lowest BCUT2D eigenvalue weighted by Gasteiger charge is -2.41. The smallest absolute Gasteiger partial charge is 0.0127 e. The van der Waals surface area contributed by atoms with E-state index in [-0.39, 0.29) is 0 Å². The molecule has 0 aromatic rings. The largest absolute Gasteiger partial charge is 0.317 e. The minimum Gasteiger partial charge on any atom is -0.317 e. The van der Waals surface area contributed by atoms with Crippen LogP contribution in [-0.4, -0.2) is 36.6 Å². The summed E-state index contributed by atoms with van der Waals surface area (Å²) in [5, 5.41) is 3.52. The summed E-state index contributed by atoms with van der Waals surface area (Å²) in [5.41, 5.74) is 0. The molecule has 0 amide bonds. The molecular formula is C16H32N2. The van der Waals surface area contributed by atoms with Gasteiger partial charge < -0.3 is 5.32 Å². The SMILES string of the molecule is CCCC(C)N1CCCCCC1C1CCNCC1. The number of nitrogens with one attached hydrogen (secondary N) is 1. The fraction of sp³-hybridized carbons (Fsp3) is 1.00. The number of likely N-dealkylation sites (tertiary alicyclic amines) is 1. The first-order valence-corrected chi connectivity index (χ1v) is 8.29. The molecule has 2 heteroatoms. The number of hydrogen-bond donors (Lipinski definition) is 1. The van der Waals surface area contributed by atoms with Crippen LogP contribution in [0.25, 0.3) is 0 Å². The van der Waals surface area contributed by atoms with E-state index in [0.29, 0.717) is 0 Å². The first-order valence-electron chi connectivity index (χ1n) is 8.29. The van der Waals surface area contributed by atoms with Gasteiger partial charge in [0.2, 0.25) is 0 Å². The van der Waals surface area contributed by atoms with Crippen molar-refractivity contribution < 1.29 is 0 Å². The highest BCUT2D eigenvalue weighted by Gasteiger charge is 2.31. The van der Waals surface area contributed by atoms with Gasteiger partial charge in [-0.3, -0.25) is 4.90 Å². The summed E-state index contributed by atoms with van der Waals surface area (Å²) in [7, 11) is 0. The fourth-order valence-corrected chi connectivity index (χ4v) is 4.02. The lowest BCUT2D eigenvalue weighted by molar-refractivity contribution is 0.0816. The van der Waals surface area contributed by atoms with E-state index in [1.807, 2.05) is 0 Å². The van der Waals surface area contributed by atoms with Crippen molar-refractivity contribution in [3.05, 3.63) is 0 Å². The summed E-state index contributed by atoms with van der Waals surface area (Å²) in [4.78, 5) is 2.88. The summed E-state index contributed by atoms with van der Waals surface area (Å²) in [6.45, 7) is 8.64. The number of hydrogen-bond acceptors (Lipinski definition) is 2. The monoisotopic (exact) mass is 252 g/mol. The zero-order valence-electron chi connectivity index (χ0n) is 12.5. The summed E-state index contributed by atoms with van der Waals surface area (Å²) < 4.78 is 0. The molecule has 2 heterocycles. The van der Waals surface area contributed by atoms with Gasteiger partial charge in [0.05, 0.1) is 0 Å². The predicted octanol–water partition coefficient (Wildman–Crippen LogP) is 3.42. The van der Waals surface area contributed by atoms with Crippen LogP contribution in [0.5, 0.6) is 0 Å². The van der Waals surface area contributed by atoms with Gasteiger partial charge >= 0.3 is 0 Å². The van der Waals surface area contributed by atoms with Crippen molar-refractivity contribution in [2.45, 2.75) is 77.3 Å². The van der Waals surface area contributed by atoms with E-state index < -0.39 is 0 Å². The fourth-order valence-electron chi connectivity index (χ4n) is 4.02. The van der Waals surface area contributed by atoms with E-state index in [2.05, 4.69) is 24.1 Å². The van der Waals surface area contributed by atoms with Crippen LogP contribution in [0, 0.1) is 5.92 Å². The minimum atomic E-state index is 0.799. The van der Waals surface area contributed by atoms with E-state index >= 15 is 0 Å². The van der Waals surface area contributed by atoms with Crippen molar-refractivity contribution in [1.82, 2.24) is 10.2 Å². The highest BCUT2D eigenvalue weighted by Crippen LogP contribution is 2.30. The Morgan fingerprint density at radius 3 is 2.61 bits per heavy atom. The van der Waals surface area contributed by atoms with Gasteiger partial charge in [-0.1, -0.05) is 26.2 Å². The van der Waals surface area contributed by atoms with Gasteiger partial charge in [-0.15, -0.1) is 0 Å². The van der Waals surface area contributed by atoms with Crippen molar-refractivity contribution in [3.63, 3.8) is 0 Å². The second-order valence-corrected chi connectivity index (χ2v) is 6.38. The molecule has 0 aromatic heterocycles. The van der Waals surface area contributed by atoms with Crippen LogP contribution in [-0.2, 0) is 0 Å². The summed E-state index contributed by atoms with van der Waals surface area (Å²) in [5.74, 6) is 0.962. The van der Waals surface area contributed by atoms with Crippen LogP contribution < -0.4 is 5.32 Å². The molecule has 0 aliphatic carbocycles.